The molecule has 6 heteroatoms. The number of anilines is 1. The summed E-state index contributed by atoms with van der Waals surface area (Å²) in [6, 6.07) is 1.58. The Morgan fingerprint density at radius 2 is 2.17 bits per heavy atom. The molecule has 0 saturated carbocycles. The average Bonchev–Trinajstić information content (AvgIpc) is 2.32. The Morgan fingerprint density at radius 3 is 2.72 bits per heavy atom. The van der Waals surface area contributed by atoms with E-state index in [1.165, 1.54) is 6.08 Å². The Kier molecular flexibility index (Phi) is 4.79. The first-order chi connectivity index (χ1) is 8.51. The van der Waals surface area contributed by atoms with E-state index in [1.54, 1.807) is 0 Å². The third kappa shape index (κ3) is 3.04. The van der Waals surface area contributed by atoms with Gasteiger partial charge in [-0.2, -0.15) is 0 Å². The highest BCUT2D eigenvalue weighted by molar-refractivity contribution is 5.95. The minimum atomic E-state index is -0.964. The number of hydrogen-bond acceptors (Lipinski definition) is 3. The molecular formula is C12H14F2N2O2. The van der Waals surface area contributed by atoms with Crippen LogP contribution < -0.4 is 5.73 Å². The lowest BCUT2D eigenvalue weighted by molar-refractivity contribution is 0.0738. The molecule has 1 aromatic carbocycles. The number of benzene rings is 1. The molecule has 0 heterocycles. The number of amides is 1. The summed E-state index contributed by atoms with van der Waals surface area (Å²) in [5.74, 6) is -2.50. The van der Waals surface area contributed by atoms with Gasteiger partial charge in [0.25, 0.3) is 5.91 Å². The molecule has 0 aliphatic rings. The highest BCUT2D eigenvalue weighted by Gasteiger charge is 2.20. The number of hydrogen-bond donors (Lipinski definition) is 2. The molecule has 1 aromatic rings. The number of carbonyl (C=O) groups is 1. The van der Waals surface area contributed by atoms with E-state index in [2.05, 4.69) is 6.58 Å². The molecule has 0 bridgehead atoms. The van der Waals surface area contributed by atoms with Gasteiger partial charge in [0, 0.05) is 13.1 Å². The van der Waals surface area contributed by atoms with Crippen LogP contribution in [0.1, 0.15) is 10.4 Å². The van der Waals surface area contributed by atoms with Crippen LogP contribution in [0.2, 0.25) is 0 Å². The number of nitrogens with zero attached hydrogens (tertiary/aromatic N) is 1. The van der Waals surface area contributed by atoms with Crippen LogP contribution in [0, 0.1) is 11.6 Å². The molecule has 0 atom stereocenters. The summed E-state index contributed by atoms with van der Waals surface area (Å²) in [6.45, 7) is 3.28. The molecule has 4 nitrogen and oxygen atoms in total. The number of aliphatic hydroxyl groups is 1. The lowest BCUT2D eigenvalue weighted by Gasteiger charge is -2.20. The summed E-state index contributed by atoms with van der Waals surface area (Å²) in [6.07, 6.45) is 1.42. The van der Waals surface area contributed by atoms with Crippen LogP contribution in [0.25, 0.3) is 0 Å². The molecule has 1 rings (SSSR count). The molecule has 3 N–H and O–H groups in total. The zero-order chi connectivity index (χ0) is 13.7. The third-order valence-electron chi connectivity index (χ3n) is 2.30. The molecule has 18 heavy (non-hydrogen) atoms. The number of carbonyl (C=O) groups excluding carboxylic acids is 1. The summed E-state index contributed by atoms with van der Waals surface area (Å²) < 4.78 is 26.8. The van der Waals surface area contributed by atoms with Gasteiger partial charge in [0.2, 0.25) is 0 Å². The topological polar surface area (TPSA) is 66.6 Å². The molecule has 0 aromatic heterocycles. The van der Waals surface area contributed by atoms with Crippen molar-refractivity contribution in [2.75, 3.05) is 25.4 Å². The normalized spacial score (nSPS) is 10.2. The first-order valence-electron chi connectivity index (χ1n) is 5.26. The lowest BCUT2D eigenvalue weighted by Crippen LogP contribution is -2.34. The zero-order valence-electron chi connectivity index (χ0n) is 9.70. The van der Waals surface area contributed by atoms with E-state index >= 15 is 0 Å². The van der Waals surface area contributed by atoms with Crippen LogP contribution >= 0.6 is 0 Å². The second kappa shape index (κ2) is 6.11. The fourth-order valence-electron chi connectivity index (χ4n) is 1.49. The van der Waals surface area contributed by atoms with Crippen LogP contribution in [0.4, 0.5) is 14.5 Å². The standard InChI is InChI=1S/C12H14F2N2O2/c1-2-3-16(4-5-17)12(18)9-6-8(13)7-10(15)11(9)14/h2,6-7,17H,1,3-5,15H2. The van der Waals surface area contributed by atoms with Gasteiger partial charge in [0.15, 0.2) is 5.82 Å². The van der Waals surface area contributed by atoms with Gasteiger partial charge >= 0.3 is 0 Å². The third-order valence-corrected chi connectivity index (χ3v) is 2.30. The molecule has 0 fully saturated rings. The Balaban J connectivity index is 3.11. The number of rotatable bonds is 5. The maximum absolute atomic E-state index is 13.6. The molecular weight excluding hydrogens is 242 g/mol. The van der Waals surface area contributed by atoms with Crippen LogP contribution in [0.15, 0.2) is 24.8 Å². The van der Waals surface area contributed by atoms with Gasteiger partial charge in [-0.15, -0.1) is 6.58 Å². The van der Waals surface area contributed by atoms with Crippen molar-refractivity contribution in [3.05, 3.63) is 42.0 Å². The van der Waals surface area contributed by atoms with Gasteiger partial charge < -0.3 is 15.7 Å². The predicted octanol–water partition coefficient (Wildman–Crippen LogP) is 1.17. The van der Waals surface area contributed by atoms with Crippen LogP contribution in [0.5, 0.6) is 0 Å². The Bertz CT molecular complexity index is 464. The second-order valence-electron chi connectivity index (χ2n) is 3.62. The average molecular weight is 256 g/mol. The van der Waals surface area contributed by atoms with E-state index in [4.69, 9.17) is 10.8 Å². The fourth-order valence-corrected chi connectivity index (χ4v) is 1.49. The van der Waals surface area contributed by atoms with Gasteiger partial charge in [-0.25, -0.2) is 8.78 Å². The van der Waals surface area contributed by atoms with Crippen molar-refractivity contribution in [1.29, 1.82) is 0 Å². The quantitative estimate of drug-likeness (QED) is 0.614. The van der Waals surface area contributed by atoms with Gasteiger partial charge in [-0.05, 0) is 12.1 Å². The van der Waals surface area contributed by atoms with Crippen molar-refractivity contribution in [3.63, 3.8) is 0 Å². The number of nitrogens with two attached hydrogens (primary N) is 1. The zero-order valence-corrected chi connectivity index (χ0v) is 9.70. The van der Waals surface area contributed by atoms with Crippen molar-refractivity contribution in [2.24, 2.45) is 0 Å². The van der Waals surface area contributed by atoms with Gasteiger partial charge in [-0.1, -0.05) is 6.08 Å². The fraction of sp³-hybridized carbons (Fsp3) is 0.250. The van der Waals surface area contributed by atoms with Gasteiger partial charge in [-0.3, -0.25) is 4.79 Å². The van der Waals surface area contributed by atoms with Crippen LogP contribution in [-0.2, 0) is 0 Å². The predicted molar refractivity (Wildman–Crippen MR) is 64.0 cm³/mol. The molecule has 0 aliphatic carbocycles. The molecule has 0 spiro atoms. The molecule has 0 saturated heterocycles. The number of nitrogen functional groups attached to an aromatic ring is 1. The van der Waals surface area contributed by atoms with E-state index in [0.29, 0.717) is 0 Å². The monoisotopic (exact) mass is 256 g/mol. The second-order valence-corrected chi connectivity index (χ2v) is 3.62. The molecule has 98 valence electrons. The van der Waals surface area contributed by atoms with Crippen molar-refractivity contribution in [2.45, 2.75) is 0 Å². The van der Waals surface area contributed by atoms with E-state index in [0.717, 1.165) is 17.0 Å². The Labute approximate surface area is 103 Å². The van der Waals surface area contributed by atoms with Crippen LogP contribution in [0.3, 0.4) is 0 Å². The van der Waals surface area contributed by atoms with Gasteiger partial charge in [0.05, 0.1) is 17.9 Å². The van der Waals surface area contributed by atoms with E-state index in [1.807, 2.05) is 0 Å². The summed E-state index contributed by atoms with van der Waals surface area (Å²) in [7, 11) is 0. The van der Waals surface area contributed by atoms with Crippen LogP contribution in [-0.4, -0.2) is 35.6 Å². The molecule has 0 unspecified atom stereocenters. The maximum atomic E-state index is 13.6. The minimum Gasteiger partial charge on any atom is -0.396 e. The number of aliphatic hydroxyl groups excluding tert-OH is 1. The number of halogens is 2. The summed E-state index contributed by atoms with van der Waals surface area (Å²) in [5.41, 5.74) is 4.37. The summed E-state index contributed by atoms with van der Waals surface area (Å²) in [5, 5.41) is 8.82. The van der Waals surface area contributed by atoms with Gasteiger partial charge in [0.1, 0.15) is 5.82 Å². The Hall–Kier alpha value is -1.95. The largest absolute Gasteiger partial charge is 0.396 e. The minimum absolute atomic E-state index is 0.000706. The van der Waals surface area contributed by atoms with Crippen molar-refractivity contribution in [1.82, 2.24) is 4.90 Å². The Morgan fingerprint density at radius 1 is 1.50 bits per heavy atom. The van der Waals surface area contributed by atoms with Crippen molar-refractivity contribution >= 4 is 11.6 Å². The summed E-state index contributed by atoms with van der Waals surface area (Å²) >= 11 is 0. The highest BCUT2D eigenvalue weighted by Crippen LogP contribution is 2.19. The van der Waals surface area contributed by atoms with E-state index in [-0.39, 0.29) is 19.7 Å². The van der Waals surface area contributed by atoms with Crippen molar-refractivity contribution < 1.29 is 18.7 Å². The molecule has 0 radical (unpaired) electrons. The van der Waals surface area contributed by atoms with Crippen molar-refractivity contribution in [3.8, 4) is 0 Å². The first-order valence-corrected chi connectivity index (χ1v) is 5.26. The summed E-state index contributed by atoms with van der Waals surface area (Å²) in [4.78, 5) is 13.1. The van der Waals surface area contributed by atoms with E-state index < -0.39 is 28.8 Å². The molecule has 0 aliphatic heterocycles. The lowest BCUT2D eigenvalue weighted by atomic mass is 10.1. The first kappa shape index (κ1) is 14.1. The molecule has 1 amide bonds. The van der Waals surface area contributed by atoms with E-state index in [9.17, 15) is 13.6 Å². The maximum Gasteiger partial charge on any atom is 0.257 e. The highest BCUT2D eigenvalue weighted by atomic mass is 19.1. The SMILES string of the molecule is C=CCN(CCO)C(=O)c1cc(F)cc(N)c1F. The smallest absolute Gasteiger partial charge is 0.257 e.